The number of sulfonamides is 1. The molecule has 1 heterocycles. The monoisotopic (exact) mass is 490 g/mol. The zero-order chi connectivity index (χ0) is 25.2. The molecule has 1 amide bonds. The lowest BCUT2D eigenvalue weighted by atomic mass is 9.94. The summed E-state index contributed by atoms with van der Waals surface area (Å²) in [6.45, 7) is 7.01. The van der Waals surface area contributed by atoms with E-state index in [0.29, 0.717) is 47.3 Å². The fraction of sp³-hybridized carbons (Fsp3) is 0.286. The molecule has 7 heteroatoms. The van der Waals surface area contributed by atoms with Crippen LogP contribution in [0.2, 0.25) is 0 Å². The zero-order valence-electron chi connectivity index (χ0n) is 20.2. The maximum absolute atomic E-state index is 13.1. The number of carbonyl (C=O) groups is 2. The second-order valence-corrected chi connectivity index (χ2v) is 11.4. The van der Waals surface area contributed by atoms with Crippen LogP contribution in [-0.4, -0.2) is 37.5 Å². The molecular weight excluding hydrogens is 460 g/mol. The molecule has 0 spiro atoms. The Morgan fingerprint density at radius 2 is 1.49 bits per heavy atom. The maximum atomic E-state index is 13.1. The van der Waals surface area contributed by atoms with E-state index < -0.39 is 15.9 Å². The molecule has 3 aromatic carbocycles. The molecule has 1 aliphatic rings. The molecule has 0 bridgehead atoms. The van der Waals surface area contributed by atoms with E-state index in [0.717, 1.165) is 12.0 Å². The third-order valence-electron chi connectivity index (χ3n) is 6.29. The quantitative estimate of drug-likeness (QED) is 0.485. The fourth-order valence-electron chi connectivity index (χ4n) is 4.62. The molecule has 4 rings (SSSR count). The van der Waals surface area contributed by atoms with Gasteiger partial charge < -0.3 is 5.32 Å². The van der Waals surface area contributed by atoms with Gasteiger partial charge in [-0.15, -0.1) is 0 Å². The van der Waals surface area contributed by atoms with Crippen molar-refractivity contribution in [1.82, 2.24) is 4.31 Å². The normalized spacial score (nSPS) is 18.7. The van der Waals surface area contributed by atoms with Crippen molar-refractivity contribution in [1.29, 1.82) is 0 Å². The van der Waals surface area contributed by atoms with Crippen molar-refractivity contribution in [2.45, 2.75) is 32.1 Å². The minimum absolute atomic E-state index is 0.172. The first-order valence-electron chi connectivity index (χ1n) is 11.8. The predicted molar refractivity (Wildman–Crippen MR) is 137 cm³/mol. The van der Waals surface area contributed by atoms with E-state index in [4.69, 9.17) is 0 Å². The summed E-state index contributed by atoms with van der Waals surface area (Å²) in [4.78, 5) is 26.2. The molecule has 0 radical (unpaired) electrons. The molecule has 6 nitrogen and oxygen atoms in total. The summed E-state index contributed by atoms with van der Waals surface area (Å²) in [6, 6.07) is 20.1. The lowest BCUT2D eigenvalue weighted by Crippen LogP contribution is -2.42. The highest BCUT2D eigenvalue weighted by atomic mass is 32.2. The Morgan fingerprint density at radius 1 is 0.857 bits per heavy atom. The number of aryl methyl sites for hydroxylation is 1. The van der Waals surface area contributed by atoms with E-state index in [2.05, 4.69) is 19.2 Å². The molecule has 1 N–H and O–H groups in total. The van der Waals surface area contributed by atoms with Gasteiger partial charge in [0.25, 0.3) is 5.91 Å². The number of anilines is 1. The van der Waals surface area contributed by atoms with Crippen LogP contribution in [0.3, 0.4) is 0 Å². The molecule has 1 aliphatic heterocycles. The highest BCUT2D eigenvalue weighted by Gasteiger charge is 2.31. The molecule has 3 aromatic rings. The summed E-state index contributed by atoms with van der Waals surface area (Å²) in [6.07, 6.45) is 1.01. The van der Waals surface area contributed by atoms with Gasteiger partial charge in [0.05, 0.1) is 10.6 Å². The Morgan fingerprint density at radius 3 is 2.11 bits per heavy atom. The van der Waals surface area contributed by atoms with E-state index in [1.165, 1.54) is 28.6 Å². The van der Waals surface area contributed by atoms with Crippen molar-refractivity contribution in [3.8, 4) is 0 Å². The van der Waals surface area contributed by atoms with Crippen molar-refractivity contribution in [2.24, 2.45) is 11.8 Å². The summed E-state index contributed by atoms with van der Waals surface area (Å²) < 4.78 is 27.8. The predicted octanol–water partition coefficient (Wildman–Crippen LogP) is 5.14. The molecule has 1 fully saturated rings. The Balaban J connectivity index is 1.54. The van der Waals surface area contributed by atoms with Gasteiger partial charge >= 0.3 is 0 Å². The van der Waals surface area contributed by atoms with Gasteiger partial charge in [-0.05, 0) is 61.6 Å². The number of rotatable bonds is 6. The van der Waals surface area contributed by atoms with Crippen LogP contribution in [0.1, 0.15) is 52.1 Å². The number of carbonyl (C=O) groups excluding carboxylic acids is 2. The summed E-state index contributed by atoms with van der Waals surface area (Å²) in [5.74, 6) is 0.0120. The molecule has 1 saturated heterocycles. The van der Waals surface area contributed by atoms with Crippen molar-refractivity contribution in [3.05, 3.63) is 95.1 Å². The lowest BCUT2D eigenvalue weighted by Gasteiger charge is -2.34. The molecule has 182 valence electrons. The second kappa shape index (κ2) is 10.1. The first kappa shape index (κ1) is 24.8. The van der Waals surface area contributed by atoms with Crippen LogP contribution in [0.25, 0.3) is 0 Å². The number of benzene rings is 3. The average Bonchev–Trinajstić information content (AvgIpc) is 2.84. The molecular formula is C28H30N2O4S. The van der Waals surface area contributed by atoms with E-state index in [-0.39, 0.29) is 10.7 Å². The van der Waals surface area contributed by atoms with Gasteiger partial charge in [0.2, 0.25) is 10.0 Å². The Bertz CT molecular complexity index is 1330. The van der Waals surface area contributed by atoms with Crippen molar-refractivity contribution in [2.75, 3.05) is 18.4 Å². The number of piperidine rings is 1. The minimum Gasteiger partial charge on any atom is -0.321 e. The largest absolute Gasteiger partial charge is 0.321 e. The Labute approximate surface area is 207 Å². The van der Waals surface area contributed by atoms with Crippen molar-refractivity contribution < 1.29 is 18.0 Å². The highest BCUT2D eigenvalue weighted by Crippen LogP contribution is 2.27. The van der Waals surface area contributed by atoms with Crippen LogP contribution >= 0.6 is 0 Å². The smallest absolute Gasteiger partial charge is 0.255 e. The fourth-order valence-corrected chi connectivity index (χ4v) is 6.30. The van der Waals surface area contributed by atoms with Crippen LogP contribution < -0.4 is 5.32 Å². The lowest BCUT2D eigenvalue weighted by molar-refractivity contribution is 0.102. The third-order valence-corrected chi connectivity index (χ3v) is 8.14. The number of hydrogen-bond donors (Lipinski definition) is 1. The summed E-state index contributed by atoms with van der Waals surface area (Å²) in [5, 5.41) is 2.82. The van der Waals surface area contributed by atoms with Gasteiger partial charge in [-0.25, -0.2) is 8.42 Å². The number of nitrogens with one attached hydrogen (secondary N) is 1. The number of nitrogens with zero attached hydrogens (tertiary/aromatic N) is 1. The number of hydrogen-bond acceptors (Lipinski definition) is 4. The first-order valence-corrected chi connectivity index (χ1v) is 13.2. The van der Waals surface area contributed by atoms with Gasteiger partial charge in [0, 0.05) is 29.8 Å². The number of amides is 1. The van der Waals surface area contributed by atoms with E-state index in [9.17, 15) is 18.0 Å². The van der Waals surface area contributed by atoms with Gasteiger partial charge in [-0.2, -0.15) is 4.31 Å². The van der Waals surface area contributed by atoms with Gasteiger partial charge in [-0.1, -0.05) is 55.8 Å². The molecule has 0 saturated carbocycles. The Hall–Kier alpha value is -3.29. The van der Waals surface area contributed by atoms with Crippen LogP contribution in [0.4, 0.5) is 5.69 Å². The topological polar surface area (TPSA) is 83.6 Å². The highest BCUT2D eigenvalue weighted by molar-refractivity contribution is 7.89. The standard InChI is InChI=1S/C28H30N2O4S/c1-19-9-14-26(25(16-19)27(31)22-7-5-4-6-8-22)29-28(32)23-10-12-24(13-11-23)35(33,34)30-17-20(2)15-21(3)18-30/h4-14,16,20-21H,15,17-18H2,1-3H3,(H,29,32)/t20-,21+. The van der Waals surface area contributed by atoms with Gasteiger partial charge in [0.15, 0.2) is 5.78 Å². The second-order valence-electron chi connectivity index (χ2n) is 9.49. The van der Waals surface area contributed by atoms with Gasteiger partial charge in [-0.3, -0.25) is 9.59 Å². The molecule has 0 aromatic heterocycles. The van der Waals surface area contributed by atoms with Crippen molar-refractivity contribution in [3.63, 3.8) is 0 Å². The van der Waals surface area contributed by atoms with E-state index >= 15 is 0 Å². The molecule has 35 heavy (non-hydrogen) atoms. The molecule has 2 atom stereocenters. The van der Waals surface area contributed by atoms with Crippen LogP contribution in [0.15, 0.2) is 77.7 Å². The van der Waals surface area contributed by atoms with E-state index in [1.807, 2.05) is 19.1 Å². The van der Waals surface area contributed by atoms with Crippen LogP contribution in [-0.2, 0) is 10.0 Å². The Kier molecular flexibility index (Phi) is 7.19. The molecule has 0 aliphatic carbocycles. The van der Waals surface area contributed by atoms with Crippen LogP contribution in [0, 0.1) is 18.8 Å². The molecule has 0 unspecified atom stereocenters. The maximum Gasteiger partial charge on any atom is 0.255 e. The average molecular weight is 491 g/mol. The SMILES string of the molecule is Cc1ccc(NC(=O)c2ccc(S(=O)(=O)N3C[C@H](C)C[C@H](C)C3)cc2)c(C(=O)c2ccccc2)c1. The van der Waals surface area contributed by atoms with Crippen molar-refractivity contribution >= 4 is 27.4 Å². The first-order chi connectivity index (χ1) is 16.6. The third kappa shape index (κ3) is 5.52. The summed E-state index contributed by atoms with van der Waals surface area (Å²) in [5.41, 5.74) is 2.55. The zero-order valence-corrected chi connectivity index (χ0v) is 21.0. The van der Waals surface area contributed by atoms with E-state index in [1.54, 1.807) is 36.4 Å². The summed E-state index contributed by atoms with van der Waals surface area (Å²) in [7, 11) is -3.63. The summed E-state index contributed by atoms with van der Waals surface area (Å²) >= 11 is 0. The number of ketones is 1. The van der Waals surface area contributed by atoms with Gasteiger partial charge in [0.1, 0.15) is 0 Å². The minimum atomic E-state index is -3.63. The van der Waals surface area contributed by atoms with Crippen LogP contribution in [0.5, 0.6) is 0 Å².